The van der Waals surface area contributed by atoms with Crippen LogP contribution in [0.5, 0.6) is 0 Å². The molecule has 0 fully saturated rings. The van der Waals surface area contributed by atoms with Crippen molar-refractivity contribution in [1.29, 1.82) is 0 Å². The van der Waals surface area contributed by atoms with E-state index in [1.165, 1.54) is 12.1 Å². The zero-order valence-corrected chi connectivity index (χ0v) is 9.45. The van der Waals surface area contributed by atoms with Gasteiger partial charge in [0.05, 0.1) is 12.6 Å². The van der Waals surface area contributed by atoms with Crippen molar-refractivity contribution >= 4 is 15.9 Å². The lowest BCUT2D eigenvalue weighted by Crippen LogP contribution is -2.38. The van der Waals surface area contributed by atoms with E-state index in [1.54, 1.807) is 6.92 Å². The molecule has 0 aliphatic carbocycles. The molecule has 90 valence electrons. The standard InChI is InChI=1S/C8H13N3O4S/c1-5(8(9)12)11-4-6-2-3-7(15-6)16(10,13)14/h2-3,5,11H,4H2,1H3,(H2,9,12)(H2,10,13,14). The number of primary amides is 1. The number of nitrogens with one attached hydrogen (secondary N) is 1. The Labute approximate surface area is 92.8 Å². The van der Waals surface area contributed by atoms with E-state index in [2.05, 4.69) is 5.32 Å². The topological polar surface area (TPSA) is 128 Å². The number of hydrogen-bond acceptors (Lipinski definition) is 5. The van der Waals surface area contributed by atoms with Gasteiger partial charge in [-0.2, -0.15) is 0 Å². The number of furan rings is 1. The second-order valence-electron chi connectivity index (χ2n) is 3.27. The maximum Gasteiger partial charge on any atom is 0.271 e. The molecule has 0 bridgehead atoms. The first-order chi connectivity index (χ1) is 7.30. The molecule has 1 aromatic heterocycles. The molecule has 1 rings (SSSR count). The van der Waals surface area contributed by atoms with Gasteiger partial charge < -0.3 is 10.2 Å². The van der Waals surface area contributed by atoms with E-state index >= 15 is 0 Å². The number of rotatable bonds is 5. The highest BCUT2D eigenvalue weighted by Gasteiger charge is 2.14. The minimum atomic E-state index is -3.82. The lowest BCUT2D eigenvalue weighted by atomic mass is 10.3. The van der Waals surface area contributed by atoms with Crippen LogP contribution in [0.15, 0.2) is 21.6 Å². The van der Waals surface area contributed by atoms with Gasteiger partial charge in [-0.15, -0.1) is 0 Å². The number of sulfonamides is 1. The fourth-order valence-corrected chi connectivity index (χ4v) is 1.44. The van der Waals surface area contributed by atoms with E-state index in [9.17, 15) is 13.2 Å². The van der Waals surface area contributed by atoms with Crippen LogP contribution in [0, 0.1) is 0 Å². The quantitative estimate of drug-likeness (QED) is 0.607. The average Bonchev–Trinajstić information content (AvgIpc) is 2.61. The minimum Gasteiger partial charge on any atom is -0.447 e. The molecule has 7 nitrogen and oxygen atoms in total. The molecule has 0 aliphatic heterocycles. The number of carbonyl (C=O) groups excluding carboxylic acids is 1. The summed E-state index contributed by atoms with van der Waals surface area (Å²) >= 11 is 0. The minimum absolute atomic E-state index is 0.194. The van der Waals surface area contributed by atoms with Gasteiger partial charge in [-0.25, -0.2) is 13.6 Å². The zero-order chi connectivity index (χ0) is 12.3. The van der Waals surface area contributed by atoms with Crippen LogP contribution >= 0.6 is 0 Å². The van der Waals surface area contributed by atoms with Crippen molar-refractivity contribution in [2.45, 2.75) is 24.6 Å². The zero-order valence-electron chi connectivity index (χ0n) is 8.64. The monoisotopic (exact) mass is 247 g/mol. The molecule has 5 N–H and O–H groups in total. The van der Waals surface area contributed by atoms with E-state index in [-0.39, 0.29) is 11.6 Å². The highest BCUT2D eigenvalue weighted by molar-refractivity contribution is 7.89. The van der Waals surface area contributed by atoms with Crippen molar-refractivity contribution in [3.8, 4) is 0 Å². The van der Waals surface area contributed by atoms with Gasteiger partial charge in [0, 0.05) is 0 Å². The summed E-state index contributed by atoms with van der Waals surface area (Å²) in [5.41, 5.74) is 5.03. The maximum atomic E-state index is 10.9. The van der Waals surface area contributed by atoms with Crippen LogP contribution in [-0.4, -0.2) is 20.4 Å². The summed E-state index contributed by atoms with van der Waals surface area (Å²) in [5.74, 6) is -0.143. The number of carbonyl (C=O) groups is 1. The first-order valence-electron chi connectivity index (χ1n) is 4.45. The number of amides is 1. The first kappa shape index (κ1) is 12.7. The Hall–Kier alpha value is -1.38. The van der Waals surface area contributed by atoms with Gasteiger partial charge in [-0.1, -0.05) is 0 Å². The van der Waals surface area contributed by atoms with Crippen molar-refractivity contribution < 1.29 is 17.6 Å². The van der Waals surface area contributed by atoms with Crippen molar-refractivity contribution in [2.24, 2.45) is 10.9 Å². The molecule has 0 radical (unpaired) electrons. The van der Waals surface area contributed by atoms with Crippen molar-refractivity contribution in [1.82, 2.24) is 5.32 Å². The first-order valence-corrected chi connectivity index (χ1v) is 5.99. The smallest absolute Gasteiger partial charge is 0.271 e. The van der Waals surface area contributed by atoms with Crippen molar-refractivity contribution in [3.63, 3.8) is 0 Å². The molecule has 0 aromatic carbocycles. The van der Waals surface area contributed by atoms with E-state index in [1.807, 2.05) is 0 Å². The normalized spacial score (nSPS) is 13.6. The largest absolute Gasteiger partial charge is 0.447 e. The Balaban J connectivity index is 2.64. The summed E-state index contributed by atoms with van der Waals surface area (Å²) in [6, 6.07) is 2.19. The van der Waals surface area contributed by atoms with Crippen molar-refractivity contribution in [2.75, 3.05) is 0 Å². The van der Waals surface area contributed by atoms with E-state index in [0.29, 0.717) is 5.76 Å². The number of primary sulfonamides is 1. The van der Waals surface area contributed by atoms with Crippen LogP contribution in [0.3, 0.4) is 0 Å². The SMILES string of the molecule is CC(NCc1ccc(S(N)(=O)=O)o1)C(N)=O. The summed E-state index contributed by atoms with van der Waals surface area (Å²) in [5, 5.41) is 7.31. The Kier molecular flexibility index (Phi) is 3.68. The summed E-state index contributed by atoms with van der Waals surface area (Å²) in [6.07, 6.45) is 0. The average molecular weight is 247 g/mol. The fourth-order valence-electron chi connectivity index (χ4n) is 0.960. The fraction of sp³-hybridized carbons (Fsp3) is 0.375. The Morgan fingerprint density at radius 3 is 2.62 bits per heavy atom. The lowest BCUT2D eigenvalue weighted by molar-refractivity contribution is -0.119. The Morgan fingerprint density at radius 2 is 2.19 bits per heavy atom. The summed E-state index contributed by atoms with van der Waals surface area (Å²) in [7, 11) is -3.82. The third-order valence-corrected chi connectivity index (χ3v) is 2.71. The van der Waals surface area contributed by atoms with Crippen molar-refractivity contribution in [3.05, 3.63) is 17.9 Å². The molecule has 16 heavy (non-hydrogen) atoms. The highest BCUT2D eigenvalue weighted by atomic mass is 32.2. The molecule has 0 saturated heterocycles. The van der Waals surface area contributed by atoms with Crippen LogP contribution < -0.4 is 16.2 Å². The van der Waals surface area contributed by atoms with Gasteiger partial charge >= 0.3 is 0 Å². The summed E-state index contributed by atoms with van der Waals surface area (Å²) in [4.78, 5) is 10.7. The number of hydrogen-bond donors (Lipinski definition) is 3. The van der Waals surface area contributed by atoms with Crippen LogP contribution in [-0.2, 0) is 21.4 Å². The third kappa shape index (κ3) is 3.33. The predicted octanol–water partition coefficient (Wildman–Crippen LogP) is -1.11. The van der Waals surface area contributed by atoms with E-state index in [0.717, 1.165) is 0 Å². The van der Waals surface area contributed by atoms with Gasteiger partial charge in [0.2, 0.25) is 11.0 Å². The van der Waals surface area contributed by atoms with Crippen LogP contribution in [0.4, 0.5) is 0 Å². The lowest BCUT2D eigenvalue weighted by Gasteiger charge is -2.07. The van der Waals surface area contributed by atoms with E-state index < -0.39 is 22.0 Å². The number of nitrogens with two attached hydrogens (primary N) is 2. The predicted molar refractivity (Wildman–Crippen MR) is 55.6 cm³/mol. The molecular weight excluding hydrogens is 234 g/mol. The molecular formula is C8H13N3O4S. The highest BCUT2D eigenvalue weighted by Crippen LogP contribution is 2.11. The van der Waals surface area contributed by atoms with Gasteiger partial charge in [-0.05, 0) is 19.1 Å². The van der Waals surface area contributed by atoms with E-state index in [4.69, 9.17) is 15.3 Å². The van der Waals surface area contributed by atoms with Gasteiger partial charge in [0.15, 0.2) is 0 Å². The molecule has 1 atom stereocenters. The van der Waals surface area contributed by atoms with Gasteiger partial charge in [0.25, 0.3) is 10.0 Å². The second-order valence-corrected chi connectivity index (χ2v) is 4.76. The molecule has 8 heteroatoms. The molecule has 0 aliphatic rings. The maximum absolute atomic E-state index is 10.9. The van der Waals surface area contributed by atoms with Crippen LogP contribution in [0.1, 0.15) is 12.7 Å². The third-order valence-electron chi connectivity index (χ3n) is 1.93. The molecule has 1 unspecified atom stereocenters. The molecule has 1 amide bonds. The van der Waals surface area contributed by atoms with Crippen LogP contribution in [0.25, 0.3) is 0 Å². The molecule has 1 heterocycles. The molecule has 0 spiro atoms. The van der Waals surface area contributed by atoms with Crippen LogP contribution in [0.2, 0.25) is 0 Å². The summed E-state index contributed by atoms with van der Waals surface area (Å²) in [6.45, 7) is 1.78. The molecule has 0 saturated carbocycles. The van der Waals surface area contributed by atoms with Gasteiger partial charge in [-0.3, -0.25) is 10.1 Å². The molecule has 1 aromatic rings. The summed E-state index contributed by atoms with van der Waals surface area (Å²) < 4.78 is 26.7. The second kappa shape index (κ2) is 4.64. The Bertz CT molecular complexity index is 479. The van der Waals surface area contributed by atoms with Gasteiger partial charge in [0.1, 0.15) is 5.76 Å². The Morgan fingerprint density at radius 1 is 1.56 bits per heavy atom.